The highest BCUT2D eigenvalue weighted by molar-refractivity contribution is 5.70. The van der Waals surface area contributed by atoms with Gasteiger partial charge in [0.1, 0.15) is 6.10 Å². The molecule has 0 saturated carbocycles. The van der Waals surface area contributed by atoms with Gasteiger partial charge in [-0.3, -0.25) is 4.79 Å². The molecule has 5 heteroatoms. The summed E-state index contributed by atoms with van der Waals surface area (Å²) >= 11 is 0. The summed E-state index contributed by atoms with van der Waals surface area (Å²) in [5, 5.41) is 19.7. The number of aliphatic hydroxyl groups is 2. The number of carbonyl (C=O) groups excluding carboxylic acids is 1. The quantitative estimate of drug-likeness (QED) is 0.536. The zero-order chi connectivity index (χ0) is 13.7. The van der Waals surface area contributed by atoms with Crippen molar-refractivity contribution in [1.82, 2.24) is 0 Å². The molecule has 0 saturated heterocycles. The maximum absolute atomic E-state index is 11.2. The molecular formula is C13H19NO4. The van der Waals surface area contributed by atoms with Crippen LogP contribution in [0, 0.1) is 6.92 Å². The van der Waals surface area contributed by atoms with Crippen molar-refractivity contribution >= 4 is 11.7 Å². The minimum absolute atomic E-state index is 0.238. The number of hydrogen-bond donors (Lipinski definition) is 3. The minimum Gasteiger partial charge on any atom is -0.466 e. The van der Waals surface area contributed by atoms with Crippen molar-refractivity contribution in [2.75, 3.05) is 12.3 Å². The zero-order valence-corrected chi connectivity index (χ0v) is 10.6. The van der Waals surface area contributed by atoms with E-state index in [2.05, 4.69) is 0 Å². The van der Waals surface area contributed by atoms with E-state index in [1.807, 2.05) is 6.92 Å². The molecule has 0 radical (unpaired) electrons. The van der Waals surface area contributed by atoms with E-state index in [-0.39, 0.29) is 13.0 Å². The number of carbonyl (C=O) groups is 1. The van der Waals surface area contributed by atoms with Crippen LogP contribution in [0.15, 0.2) is 18.2 Å². The monoisotopic (exact) mass is 253 g/mol. The maximum Gasteiger partial charge on any atom is 0.308 e. The number of nitrogen functional groups attached to an aromatic ring is 1. The topological polar surface area (TPSA) is 92.8 Å². The van der Waals surface area contributed by atoms with Crippen LogP contribution >= 0.6 is 0 Å². The van der Waals surface area contributed by atoms with E-state index in [1.165, 1.54) is 0 Å². The third-order valence-electron chi connectivity index (χ3n) is 2.68. The Balaban J connectivity index is 2.70. The van der Waals surface area contributed by atoms with Crippen LogP contribution < -0.4 is 5.73 Å². The van der Waals surface area contributed by atoms with Crippen molar-refractivity contribution in [1.29, 1.82) is 0 Å². The normalized spacial score (nSPS) is 14.0. The average molecular weight is 253 g/mol. The van der Waals surface area contributed by atoms with Gasteiger partial charge in [0, 0.05) is 5.69 Å². The molecule has 1 aromatic carbocycles. The molecule has 4 N–H and O–H groups in total. The highest BCUT2D eigenvalue weighted by Crippen LogP contribution is 2.22. The number of aliphatic hydroxyl groups excluding tert-OH is 2. The second-order valence-corrected chi connectivity index (χ2v) is 4.14. The van der Waals surface area contributed by atoms with Gasteiger partial charge < -0.3 is 20.7 Å². The molecule has 0 aromatic heterocycles. The minimum atomic E-state index is -1.19. The van der Waals surface area contributed by atoms with E-state index < -0.39 is 18.2 Å². The Hall–Kier alpha value is -1.59. The molecule has 5 nitrogen and oxygen atoms in total. The Labute approximate surface area is 106 Å². The van der Waals surface area contributed by atoms with E-state index >= 15 is 0 Å². The van der Waals surface area contributed by atoms with Crippen LogP contribution in [-0.2, 0) is 9.53 Å². The van der Waals surface area contributed by atoms with Gasteiger partial charge >= 0.3 is 5.97 Å². The van der Waals surface area contributed by atoms with Crippen molar-refractivity contribution in [2.24, 2.45) is 0 Å². The van der Waals surface area contributed by atoms with E-state index in [9.17, 15) is 15.0 Å². The van der Waals surface area contributed by atoms with Crippen molar-refractivity contribution in [3.63, 3.8) is 0 Å². The van der Waals surface area contributed by atoms with Crippen LogP contribution in [0.5, 0.6) is 0 Å². The number of hydrogen-bond acceptors (Lipinski definition) is 5. The molecule has 0 fully saturated rings. The summed E-state index contributed by atoms with van der Waals surface area (Å²) < 4.78 is 4.71. The van der Waals surface area contributed by atoms with Crippen LogP contribution in [0.3, 0.4) is 0 Å². The Morgan fingerprint density at radius 1 is 1.44 bits per heavy atom. The first-order valence-electron chi connectivity index (χ1n) is 5.83. The summed E-state index contributed by atoms with van der Waals surface area (Å²) in [6, 6.07) is 4.97. The summed E-state index contributed by atoms with van der Waals surface area (Å²) in [7, 11) is 0. The standard InChI is InChI=1S/C13H19NO4/c1-3-18-12(16)7-11(15)13(17)9-4-5-10(14)8(2)6-9/h4-6,11,13,15,17H,3,7,14H2,1-2H3. The lowest BCUT2D eigenvalue weighted by Crippen LogP contribution is -2.23. The maximum atomic E-state index is 11.2. The summed E-state index contributed by atoms with van der Waals surface area (Å²) in [5.41, 5.74) is 7.62. The highest BCUT2D eigenvalue weighted by atomic mass is 16.5. The molecule has 1 rings (SSSR count). The van der Waals surface area contributed by atoms with Gasteiger partial charge in [-0.2, -0.15) is 0 Å². The molecule has 0 amide bonds. The molecule has 2 unspecified atom stereocenters. The molecule has 0 heterocycles. The van der Waals surface area contributed by atoms with E-state index in [0.717, 1.165) is 5.56 Å². The van der Waals surface area contributed by atoms with Crippen molar-refractivity contribution < 1.29 is 19.7 Å². The molecule has 1 aromatic rings. The molecule has 0 bridgehead atoms. The Kier molecular flexibility index (Phi) is 5.12. The summed E-state index contributed by atoms with van der Waals surface area (Å²) in [4.78, 5) is 11.2. The summed E-state index contributed by atoms with van der Waals surface area (Å²) in [5.74, 6) is -0.531. The lowest BCUT2D eigenvalue weighted by molar-refractivity contribution is -0.147. The smallest absolute Gasteiger partial charge is 0.308 e. The predicted molar refractivity (Wildman–Crippen MR) is 67.8 cm³/mol. The molecule has 2 atom stereocenters. The molecule has 0 aliphatic heterocycles. The molecule has 100 valence electrons. The molecular weight excluding hydrogens is 234 g/mol. The fourth-order valence-electron chi connectivity index (χ4n) is 1.61. The van der Waals surface area contributed by atoms with Gasteiger partial charge in [0.25, 0.3) is 0 Å². The van der Waals surface area contributed by atoms with E-state index in [4.69, 9.17) is 10.5 Å². The average Bonchev–Trinajstić information content (AvgIpc) is 2.32. The van der Waals surface area contributed by atoms with Crippen molar-refractivity contribution in [2.45, 2.75) is 32.5 Å². The second-order valence-electron chi connectivity index (χ2n) is 4.14. The third kappa shape index (κ3) is 3.72. The lowest BCUT2D eigenvalue weighted by Gasteiger charge is -2.18. The Morgan fingerprint density at radius 2 is 2.11 bits per heavy atom. The van der Waals surface area contributed by atoms with E-state index in [1.54, 1.807) is 25.1 Å². The van der Waals surface area contributed by atoms with Crippen LogP contribution in [0.25, 0.3) is 0 Å². The van der Waals surface area contributed by atoms with Gasteiger partial charge in [0.05, 0.1) is 19.1 Å². The first kappa shape index (κ1) is 14.5. The predicted octanol–water partition coefficient (Wildman–Crippen LogP) is 0.925. The van der Waals surface area contributed by atoms with Gasteiger partial charge in [-0.25, -0.2) is 0 Å². The lowest BCUT2D eigenvalue weighted by atomic mass is 10.00. The number of rotatable bonds is 5. The number of aryl methyl sites for hydroxylation is 1. The van der Waals surface area contributed by atoms with Crippen LogP contribution in [0.4, 0.5) is 5.69 Å². The van der Waals surface area contributed by atoms with Gasteiger partial charge in [0.2, 0.25) is 0 Å². The number of nitrogens with two attached hydrogens (primary N) is 1. The van der Waals surface area contributed by atoms with Gasteiger partial charge in [-0.1, -0.05) is 12.1 Å². The summed E-state index contributed by atoms with van der Waals surface area (Å²) in [6.45, 7) is 3.75. The highest BCUT2D eigenvalue weighted by Gasteiger charge is 2.22. The van der Waals surface area contributed by atoms with Gasteiger partial charge in [-0.15, -0.1) is 0 Å². The van der Waals surface area contributed by atoms with Crippen LogP contribution in [-0.4, -0.2) is 28.9 Å². The molecule has 18 heavy (non-hydrogen) atoms. The van der Waals surface area contributed by atoms with Crippen molar-refractivity contribution in [3.8, 4) is 0 Å². The SMILES string of the molecule is CCOC(=O)CC(O)C(O)c1ccc(N)c(C)c1. The number of ether oxygens (including phenoxy) is 1. The van der Waals surface area contributed by atoms with E-state index in [0.29, 0.717) is 11.3 Å². The van der Waals surface area contributed by atoms with Crippen LogP contribution in [0.1, 0.15) is 30.6 Å². The summed E-state index contributed by atoms with van der Waals surface area (Å²) in [6.07, 6.45) is -2.56. The first-order chi connectivity index (χ1) is 8.45. The van der Waals surface area contributed by atoms with Gasteiger partial charge in [0.15, 0.2) is 0 Å². The van der Waals surface area contributed by atoms with Gasteiger partial charge in [-0.05, 0) is 31.0 Å². The number of esters is 1. The Morgan fingerprint density at radius 3 is 2.67 bits per heavy atom. The third-order valence-corrected chi connectivity index (χ3v) is 2.68. The fourth-order valence-corrected chi connectivity index (χ4v) is 1.61. The zero-order valence-electron chi connectivity index (χ0n) is 10.6. The molecule has 0 aliphatic carbocycles. The molecule has 0 aliphatic rings. The fraction of sp³-hybridized carbons (Fsp3) is 0.462. The first-order valence-corrected chi connectivity index (χ1v) is 5.83. The second kappa shape index (κ2) is 6.37. The van der Waals surface area contributed by atoms with Crippen LogP contribution in [0.2, 0.25) is 0 Å². The largest absolute Gasteiger partial charge is 0.466 e. The number of benzene rings is 1. The molecule has 0 spiro atoms. The Bertz CT molecular complexity index is 419. The van der Waals surface area contributed by atoms with Crippen molar-refractivity contribution in [3.05, 3.63) is 29.3 Å². The number of anilines is 1.